The van der Waals surface area contributed by atoms with Crippen LogP contribution in [0.15, 0.2) is 23.1 Å². The smallest absolute Gasteiger partial charge is 0.342 e. The van der Waals surface area contributed by atoms with E-state index >= 15 is 0 Å². The van der Waals surface area contributed by atoms with E-state index in [1.807, 2.05) is 0 Å². The van der Waals surface area contributed by atoms with E-state index in [1.165, 1.54) is 0 Å². The van der Waals surface area contributed by atoms with Gasteiger partial charge in [-0.3, -0.25) is 4.79 Å². The van der Waals surface area contributed by atoms with Crippen molar-refractivity contribution < 1.29 is 32.2 Å². The van der Waals surface area contributed by atoms with Crippen molar-refractivity contribution in [3.63, 3.8) is 0 Å². The predicted molar refractivity (Wildman–Crippen MR) is 69.8 cm³/mol. The summed E-state index contributed by atoms with van der Waals surface area (Å²) in [5.74, 6) is -3.19. The number of carbonyl (C=O) groups is 2. The molecule has 1 aromatic carbocycles. The van der Waals surface area contributed by atoms with Gasteiger partial charge in [0.15, 0.2) is 0 Å². The first-order valence-electron chi connectivity index (χ1n) is 5.88. The quantitative estimate of drug-likeness (QED) is 0.567. The zero-order chi connectivity index (χ0) is 16.0. The molecule has 0 aromatic heterocycles. The van der Waals surface area contributed by atoms with Crippen molar-refractivity contribution in [3.05, 3.63) is 29.6 Å². The van der Waals surface area contributed by atoms with E-state index in [9.17, 15) is 22.4 Å². The van der Waals surface area contributed by atoms with Crippen molar-refractivity contribution in [1.29, 1.82) is 0 Å². The molecule has 116 valence electrons. The molecule has 0 aliphatic heterocycles. The third-order valence-electron chi connectivity index (χ3n) is 2.51. The van der Waals surface area contributed by atoms with E-state index < -0.39 is 38.2 Å². The lowest BCUT2D eigenvalue weighted by atomic mass is 10.2. The van der Waals surface area contributed by atoms with Crippen LogP contribution >= 0.6 is 0 Å². The second kappa shape index (κ2) is 7.14. The first-order chi connectivity index (χ1) is 9.79. The number of halogens is 1. The number of nitrogens with one attached hydrogen (secondary N) is 1. The van der Waals surface area contributed by atoms with Crippen molar-refractivity contribution in [2.75, 3.05) is 13.7 Å². The van der Waals surface area contributed by atoms with Crippen molar-refractivity contribution in [3.8, 4) is 0 Å². The molecule has 7 nitrogen and oxygen atoms in total. The van der Waals surface area contributed by atoms with Gasteiger partial charge in [-0.1, -0.05) is 6.07 Å². The van der Waals surface area contributed by atoms with Gasteiger partial charge in [0.2, 0.25) is 10.0 Å². The van der Waals surface area contributed by atoms with Gasteiger partial charge in [0.25, 0.3) is 0 Å². The number of benzene rings is 1. The maximum Gasteiger partial charge on any atom is 0.342 e. The number of rotatable bonds is 7. The van der Waals surface area contributed by atoms with Crippen molar-refractivity contribution in [1.82, 2.24) is 4.72 Å². The molecule has 0 spiro atoms. The molecular weight excluding hydrogens is 305 g/mol. The van der Waals surface area contributed by atoms with Crippen LogP contribution in [0.25, 0.3) is 0 Å². The number of sulfonamides is 1. The first kappa shape index (κ1) is 17.1. The molecule has 0 amide bonds. The highest BCUT2D eigenvalue weighted by atomic mass is 32.2. The highest BCUT2D eigenvalue weighted by Crippen LogP contribution is 2.19. The largest absolute Gasteiger partial charge is 0.481 e. The molecule has 0 fully saturated rings. The Morgan fingerprint density at radius 2 is 2.05 bits per heavy atom. The van der Waals surface area contributed by atoms with Crippen molar-refractivity contribution in [2.45, 2.75) is 17.7 Å². The van der Waals surface area contributed by atoms with E-state index in [2.05, 4.69) is 9.46 Å². The highest BCUT2D eigenvalue weighted by molar-refractivity contribution is 7.89. The van der Waals surface area contributed by atoms with Gasteiger partial charge in [0.05, 0.1) is 12.0 Å². The summed E-state index contributed by atoms with van der Waals surface area (Å²) >= 11 is 0. The second-order valence-electron chi connectivity index (χ2n) is 4.00. The Labute approximate surface area is 120 Å². The third kappa shape index (κ3) is 4.50. The Kier molecular flexibility index (Phi) is 5.79. The zero-order valence-electron chi connectivity index (χ0n) is 11.1. The lowest BCUT2D eigenvalue weighted by Crippen LogP contribution is -2.27. The summed E-state index contributed by atoms with van der Waals surface area (Å²) in [6.07, 6.45) is -0.146. The molecular formula is C12H14FNO6S. The number of carboxylic acids is 1. The van der Waals surface area contributed by atoms with Crippen LogP contribution in [0.3, 0.4) is 0 Å². The number of hydrogen-bond donors (Lipinski definition) is 2. The van der Waals surface area contributed by atoms with Crippen LogP contribution < -0.4 is 4.72 Å². The van der Waals surface area contributed by atoms with Gasteiger partial charge in [-0.2, -0.15) is 0 Å². The van der Waals surface area contributed by atoms with Crippen LogP contribution in [-0.2, 0) is 19.6 Å². The molecule has 0 heterocycles. The first-order valence-corrected chi connectivity index (χ1v) is 7.36. The van der Waals surface area contributed by atoms with E-state index in [-0.39, 0.29) is 19.4 Å². The lowest BCUT2D eigenvalue weighted by Gasteiger charge is -2.10. The predicted octanol–water partition coefficient (Wildman–Crippen LogP) is 0.755. The van der Waals surface area contributed by atoms with Gasteiger partial charge in [-0.05, 0) is 18.6 Å². The molecule has 21 heavy (non-hydrogen) atoms. The topological polar surface area (TPSA) is 110 Å². The number of carbonyl (C=O) groups excluding carboxylic acids is 1. The summed E-state index contributed by atoms with van der Waals surface area (Å²) in [7, 11) is -3.14. The number of esters is 1. The fourth-order valence-electron chi connectivity index (χ4n) is 1.55. The Bertz CT molecular complexity index is 643. The van der Waals surface area contributed by atoms with Crippen LogP contribution in [0.2, 0.25) is 0 Å². The Hall–Kier alpha value is -2.00. The summed E-state index contributed by atoms with van der Waals surface area (Å²) in [5, 5.41) is 8.46. The Morgan fingerprint density at radius 3 is 2.62 bits per heavy atom. The molecule has 0 atom stereocenters. The van der Waals surface area contributed by atoms with Crippen LogP contribution in [0.1, 0.15) is 23.2 Å². The second-order valence-corrected chi connectivity index (χ2v) is 5.73. The standard InChI is InChI=1S/C12H14FNO6S/c1-20-12(17)11-8(13)4-2-5-9(11)21(18,19)14-7-3-6-10(15)16/h2,4-5,14H,3,6-7H2,1H3,(H,15,16). The maximum absolute atomic E-state index is 13.6. The van der Waals surface area contributed by atoms with Crippen LogP contribution in [-0.4, -0.2) is 39.1 Å². The fourth-order valence-corrected chi connectivity index (χ4v) is 2.83. The molecule has 0 aliphatic carbocycles. The van der Waals surface area contributed by atoms with Gasteiger partial charge in [-0.25, -0.2) is 22.3 Å². The van der Waals surface area contributed by atoms with Gasteiger partial charge >= 0.3 is 11.9 Å². The number of hydrogen-bond acceptors (Lipinski definition) is 5. The molecule has 0 aliphatic rings. The molecule has 0 unspecified atom stereocenters. The Morgan fingerprint density at radius 1 is 1.38 bits per heavy atom. The zero-order valence-corrected chi connectivity index (χ0v) is 11.9. The average molecular weight is 319 g/mol. The van der Waals surface area contributed by atoms with E-state index in [0.717, 1.165) is 25.3 Å². The summed E-state index contributed by atoms with van der Waals surface area (Å²) in [6, 6.07) is 3.15. The monoisotopic (exact) mass is 319 g/mol. The Balaban J connectivity index is 3.00. The number of ether oxygens (including phenoxy) is 1. The molecule has 2 N–H and O–H groups in total. The van der Waals surface area contributed by atoms with Gasteiger partial charge in [0.1, 0.15) is 11.4 Å². The fraction of sp³-hybridized carbons (Fsp3) is 0.333. The minimum absolute atomic E-state index is 0.0669. The normalized spacial score (nSPS) is 11.1. The number of methoxy groups -OCH3 is 1. The van der Waals surface area contributed by atoms with Gasteiger partial charge in [-0.15, -0.1) is 0 Å². The highest BCUT2D eigenvalue weighted by Gasteiger charge is 2.26. The molecule has 1 aromatic rings. The van der Waals surface area contributed by atoms with Gasteiger partial charge < -0.3 is 9.84 Å². The van der Waals surface area contributed by atoms with Crippen molar-refractivity contribution in [2.24, 2.45) is 0 Å². The summed E-state index contributed by atoms with van der Waals surface area (Å²) in [4.78, 5) is 21.3. The van der Waals surface area contributed by atoms with E-state index in [1.54, 1.807) is 0 Å². The molecule has 0 saturated carbocycles. The SMILES string of the molecule is COC(=O)c1c(F)cccc1S(=O)(=O)NCCCC(=O)O. The third-order valence-corrected chi connectivity index (χ3v) is 4.02. The van der Waals surface area contributed by atoms with E-state index in [0.29, 0.717) is 0 Å². The molecule has 9 heteroatoms. The molecule has 0 radical (unpaired) electrons. The lowest BCUT2D eigenvalue weighted by molar-refractivity contribution is -0.137. The van der Waals surface area contributed by atoms with Crippen molar-refractivity contribution >= 4 is 22.0 Å². The van der Waals surface area contributed by atoms with E-state index in [4.69, 9.17) is 5.11 Å². The van der Waals surface area contributed by atoms with Crippen LogP contribution in [0, 0.1) is 5.82 Å². The van der Waals surface area contributed by atoms with Gasteiger partial charge in [0, 0.05) is 13.0 Å². The average Bonchev–Trinajstić information content (AvgIpc) is 2.42. The summed E-state index contributed by atoms with van der Waals surface area (Å²) in [6.45, 7) is -0.147. The number of aliphatic carboxylic acids is 1. The van der Waals surface area contributed by atoms with Crippen LogP contribution in [0.5, 0.6) is 0 Å². The summed E-state index contributed by atoms with van der Waals surface area (Å²) in [5.41, 5.74) is -0.689. The number of carboxylic acid groups (broad SMARTS) is 1. The minimum Gasteiger partial charge on any atom is -0.481 e. The molecule has 1 rings (SSSR count). The maximum atomic E-state index is 13.6. The minimum atomic E-state index is -4.15. The molecule has 0 bridgehead atoms. The van der Waals surface area contributed by atoms with Crippen LogP contribution in [0.4, 0.5) is 4.39 Å². The molecule has 0 saturated heterocycles. The summed E-state index contributed by atoms with van der Waals surface area (Å²) < 4.78 is 44.2.